The van der Waals surface area contributed by atoms with Crippen molar-refractivity contribution in [2.45, 2.75) is 39.9 Å². The molecular formula is C21H25ClN4O4. The first-order valence-electron chi connectivity index (χ1n) is 9.57. The Balaban J connectivity index is 1.83. The van der Waals surface area contributed by atoms with Crippen molar-refractivity contribution in [2.24, 2.45) is 5.73 Å². The second-order valence-electron chi connectivity index (χ2n) is 7.24. The fraction of sp³-hybridized carbons (Fsp3) is 0.381. The Morgan fingerprint density at radius 3 is 2.47 bits per heavy atom. The molecule has 0 fully saturated rings. The highest BCUT2D eigenvalue weighted by Gasteiger charge is 2.16. The zero-order valence-electron chi connectivity index (χ0n) is 17.3. The van der Waals surface area contributed by atoms with Gasteiger partial charge in [-0.3, -0.25) is 0 Å². The molecule has 8 nitrogen and oxygen atoms in total. The average molecular weight is 433 g/mol. The molecule has 2 heterocycles. The van der Waals surface area contributed by atoms with Crippen LogP contribution in [0.1, 0.15) is 25.0 Å². The molecular weight excluding hydrogens is 408 g/mol. The Bertz CT molecular complexity index is 999. The van der Waals surface area contributed by atoms with E-state index in [1.807, 2.05) is 39.8 Å². The van der Waals surface area contributed by atoms with Gasteiger partial charge >= 0.3 is 0 Å². The van der Waals surface area contributed by atoms with Crippen LogP contribution in [0, 0.1) is 13.8 Å². The maximum atomic E-state index is 9.62. The lowest BCUT2D eigenvalue weighted by molar-refractivity contribution is 0.113. The van der Waals surface area contributed by atoms with Crippen LogP contribution in [-0.4, -0.2) is 45.6 Å². The predicted molar refractivity (Wildman–Crippen MR) is 114 cm³/mol. The number of halogens is 1. The third-order valence-corrected chi connectivity index (χ3v) is 4.51. The highest BCUT2D eigenvalue weighted by Crippen LogP contribution is 2.32. The standard InChI is InChI=1S/C21H25ClN4O4/c1-11(2)29-21-17(22)7-15(9-24-21)20-25-19(26-30-20)14-5-12(3)18(13(4)6-14)28-10-16(27)8-23/h5-7,9,11,16,27H,8,10,23H2,1-4H3. The number of aliphatic hydroxyl groups is 1. The number of ether oxygens (including phenoxy) is 2. The number of benzene rings is 1. The predicted octanol–water partition coefficient (Wildman–Crippen LogP) is 3.55. The van der Waals surface area contributed by atoms with Gasteiger partial charge in [0, 0.05) is 18.3 Å². The molecule has 3 N–H and O–H groups in total. The quantitative estimate of drug-likeness (QED) is 0.555. The summed E-state index contributed by atoms with van der Waals surface area (Å²) in [6, 6.07) is 5.48. The first kappa shape index (κ1) is 22.0. The van der Waals surface area contributed by atoms with Crippen molar-refractivity contribution < 1.29 is 19.1 Å². The molecule has 1 unspecified atom stereocenters. The van der Waals surface area contributed by atoms with Gasteiger partial charge in [0.15, 0.2) is 0 Å². The summed E-state index contributed by atoms with van der Waals surface area (Å²) in [6.45, 7) is 7.91. The van der Waals surface area contributed by atoms with Crippen LogP contribution in [0.4, 0.5) is 0 Å². The number of aromatic nitrogens is 3. The maximum Gasteiger partial charge on any atom is 0.259 e. The van der Waals surface area contributed by atoms with E-state index in [4.69, 9.17) is 31.3 Å². The summed E-state index contributed by atoms with van der Waals surface area (Å²) in [5, 5.41) is 14.1. The number of hydrogen-bond donors (Lipinski definition) is 2. The van der Waals surface area contributed by atoms with Gasteiger partial charge in [-0.2, -0.15) is 4.98 Å². The van der Waals surface area contributed by atoms with Crippen molar-refractivity contribution in [3.05, 3.63) is 40.5 Å². The van der Waals surface area contributed by atoms with Crippen molar-refractivity contribution in [1.82, 2.24) is 15.1 Å². The highest BCUT2D eigenvalue weighted by atomic mass is 35.5. The average Bonchev–Trinajstić information content (AvgIpc) is 3.18. The molecule has 160 valence electrons. The van der Waals surface area contributed by atoms with Crippen molar-refractivity contribution in [3.8, 4) is 34.5 Å². The van der Waals surface area contributed by atoms with E-state index in [-0.39, 0.29) is 19.3 Å². The van der Waals surface area contributed by atoms with Crippen LogP contribution in [0.2, 0.25) is 5.02 Å². The van der Waals surface area contributed by atoms with Crippen LogP contribution in [0.5, 0.6) is 11.6 Å². The largest absolute Gasteiger partial charge is 0.490 e. The van der Waals surface area contributed by atoms with Crippen LogP contribution in [0.3, 0.4) is 0 Å². The normalized spacial score (nSPS) is 12.3. The molecule has 0 amide bonds. The van der Waals surface area contributed by atoms with Gasteiger partial charge in [0.25, 0.3) is 5.89 Å². The highest BCUT2D eigenvalue weighted by molar-refractivity contribution is 6.32. The summed E-state index contributed by atoms with van der Waals surface area (Å²) in [5.74, 6) is 1.80. The molecule has 0 aliphatic heterocycles. The lowest BCUT2D eigenvalue weighted by atomic mass is 10.1. The first-order valence-corrected chi connectivity index (χ1v) is 9.95. The van der Waals surface area contributed by atoms with E-state index < -0.39 is 6.10 Å². The zero-order chi connectivity index (χ0) is 21.8. The van der Waals surface area contributed by atoms with E-state index >= 15 is 0 Å². The molecule has 30 heavy (non-hydrogen) atoms. The number of nitrogens with two attached hydrogens (primary N) is 1. The molecule has 1 aromatic carbocycles. The summed E-state index contributed by atoms with van der Waals surface area (Å²) >= 11 is 6.25. The molecule has 0 aliphatic carbocycles. The first-order chi connectivity index (χ1) is 14.3. The number of aliphatic hydroxyl groups excluding tert-OH is 1. The summed E-state index contributed by atoms with van der Waals surface area (Å²) in [4.78, 5) is 8.70. The van der Waals surface area contributed by atoms with E-state index in [0.717, 1.165) is 16.7 Å². The SMILES string of the molecule is Cc1cc(-c2noc(-c3cnc(OC(C)C)c(Cl)c3)n2)cc(C)c1OCC(O)CN. The second-order valence-corrected chi connectivity index (χ2v) is 7.65. The van der Waals surface area contributed by atoms with Gasteiger partial charge in [0.05, 0.1) is 11.7 Å². The van der Waals surface area contributed by atoms with E-state index in [9.17, 15) is 5.11 Å². The fourth-order valence-corrected chi connectivity index (χ4v) is 3.08. The van der Waals surface area contributed by atoms with Crippen LogP contribution < -0.4 is 15.2 Å². The van der Waals surface area contributed by atoms with Gasteiger partial charge in [-0.25, -0.2) is 4.98 Å². The maximum absolute atomic E-state index is 9.62. The Labute approximate surface area is 180 Å². The zero-order valence-corrected chi connectivity index (χ0v) is 18.1. The molecule has 0 bridgehead atoms. The van der Waals surface area contributed by atoms with Crippen molar-refractivity contribution in [1.29, 1.82) is 0 Å². The molecule has 2 aromatic heterocycles. The molecule has 0 radical (unpaired) electrons. The Kier molecular flexibility index (Phi) is 6.91. The number of nitrogens with zero attached hydrogens (tertiary/aromatic N) is 3. The molecule has 0 saturated heterocycles. The van der Waals surface area contributed by atoms with Crippen LogP contribution >= 0.6 is 11.6 Å². The Morgan fingerprint density at radius 1 is 1.17 bits per heavy atom. The topological polar surface area (TPSA) is 117 Å². The molecule has 0 spiro atoms. The van der Waals surface area contributed by atoms with Crippen LogP contribution in [0.15, 0.2) is 28.9 Å². The lowest BCUT2D eigenvalue weighted by Gasteiger charge is -2.15. The van der Waals surface area contributed by atoms with Gasteiger partial charge in [0.2, 0.25) is 11.7 Å². The summed E-state index contributed by atoms with van der Waals surface area (Å²) in [6.07, 6.45) is 0.839. The smallest absolute Gasteiger partial charge is 0.259 e. The number of aryl methyl sites for hydroxylation is 2. The number of rotatable bonds is 8. The molecule has 9 heteroatoms. The molecule has 1 atom stereocenters. The van der Waals surface area contributed by atoms with E-state index in [2.05, 4.69) is 15.1 Å². The Hall–Kier alpha value is -2.68. The molecule has 0 saturated carbocycles. The van der Waals surface area contributed by atoms with E-state index in [1.165, 1.54) is 0 Å². The molecule has 3 rings (SSSR count). The minimum atomic E-state index is -0.707. The minimum absolute atomic E-state index is 0.0344. The lowest BCUT2D eigenvalue weighted by Crippen LogP contribution is -2.26. The fourth-order valence-electron chi connectivity index (χ4n) is 2.86. The third-order valence-electron chi connectivity index (χ3n) is 4.24. The van der Waals surface area contributed by atoms with Gasteiger partial charge in [-0.15, -0.1) is 0 Å². The van der Waals surface area contributed by atoms with Crippen molar-refractivity contribution >= 4 is 11.6 Å². The van der Waals surface area contributed by atoms with Crippen LogP contribution in [0.25, 0.3) is 22.8 Å². The van der Waals surface area contributed by atoms with Gasteiger partial charge in [-0.1, -0.05) is 16.8 Å². The molecule has 3 aromatic rings. The van der Waals surface area contributed by atoms with E-state index in [1.54, 1.807) is 12.3 Å². The van der Waals surface area contributed by atoms with Crippen molar-refractivity contribution in [2.75, 3.05) is 13.2 Å². The minimum Gasteiger partial charge on any atom is -0.490 e. The van der Waals surface area contributed by atoms with Gasteiger partial charge in [-0.05, 0) is 57.0 Å². The summed E-state index contributed by atoms with van der Waals surface area (Å²) in [5.41, 5.74) is 8.58. The molecule has 0 aliphatic rings. The van der Waals surface area contributed by atoms with Gasteiger partial charge in [0.1, 0.15) is 23.5 Å². The monoisotopic (exact) mass is 432 g/mol. The van der Waals surface area contributed by atoms with Crippen molar-refractivity contribution in [3.63, 3.8) is 0 Å². The van der Waals surface area contributed by atoms with Crippen LogP contribution in [-0.2, 0) is 0 Å². The van der Waals surface area contributed by atoms with E-state index in [0.29, 0.717) is 33.9 Å². The summed E-state index contributed by atoms with van der Waals surface area (Å²) < 4.78 is 16.7. The summed E-state index contributed by atoms with van der Waals surface area (Å²) in [7, 11) is 0. The third kappa shape index (κ3) is 5.08. The number of hydrogen-bond acceptors (Lipinski definition) is 8. The Morgan fingerprint density at radius 2 is 1.87 bits per heavy atom. The number of pyridine rings is 1. The second kappa shape index (κ2) is 9.42. The van der Waals surface area contributed by atoms with Gasteiger partial charge < -0.3 is 24.8 Å².